The number of rotatable bonds is 7. The van der Waals surface area contributed by atoms with Gasteiger partial charge in [0, 0.05) is 11.1 Å². The van der Waals surface area contributed by atoms with Gasteiger partial charge in [0.15, 0.2) is 23.3 Å². The average molecular weight is 613 g/mol. The molecule has 0 aliphatic heterocycles. The van der Waals surface area contributed by atoms with Crippen molar-refractivity contribution in [2.45, 2.75) is 0 Å². The highest BCUT2D eigenvalue weighted by Gasteiger charge is 2.19. The van der Waals surface area contributed by atoms with E-state index in [4.69, 9.17) is 9.47 Å². The summed E-state index contributed by atoms with van der Waals surface area (Å²) in [5.41, 5.74) is 3.66. The van der Waals surface area contributed by atoms with E-state index in [-0.39, 0.29) is 46.4 Å². The molecule has 0 amide bonds. The van der Waals surface area contributed by atoms with Crippen molar-refractivity contribution in [1.29, 1.82) is 0 Å². The molecule has 226 valence electrons. The summed E-state index contributed by atoms with van der Waals surface area (Å²) >= 11 is 0. The number of phenols is 2. The number of benzene rings is 4. The average Bonchev–Trinajstić information content (AvgIpc) is 3.11. The van der Waals surface area contributed by atoms with E-state index in [1.807, 2.05) is 48.5 Å². The van der Waals surface area contributed by atoms with Crippen molar-refractivity contribution in [2.24, 2.45) is 0 Å². The third kappa shape index (κ3) is 5.95. The lowest BCUT2D eigenvalue weighted by atomic mass is 10.0. The van der Waals surface area contributed by atoms with Crippen LogP contribution in [0, 0.1) is 0 Å². The summed E-state index contributed by atoms with van der Waals surface area (Å²) < 4.78 is 9.65. The van der Waals surface area contributed by atoms with E-state index in [1.165, 1.54) is 26.4 Å². The molecule has 2 aromatic heterocycles. The molecule has 0 fully saturated rings. The van der Waals surface area contributed by atoms with Crippen LogP contribution in [0.3, 0.4) is 0 Å². The maximum absolute atomic E-state index is 12.3. The third-order valence-electron chi connectivity index (χ3n) is 6.92. The maximum atomic E-state index is 12.3. The molecule has 12 nitrogen and oxygen atoms in total. The Hall–Kier alpha value is -6.56. The summed E-state index contributed by atoms with van der Waals surface area (Å²) in [5, 5.41) is 20.7. The summed E-state index contributed by atoms with van der Waals surface area (Å²) in [5.74, 6) is -1.22. The molecule has 2 heterocycles. The van der Waals surface area contributed by atoms with Gasteiger partial charge in [0.2, 0.25) is 11.6 Å². The van der Waals surface area contributed by atoms with E-state index < -0.39 is 11.9 Å². The molecular weight excluding hydrogens is 588 g/mol. The Kier molecular flexibility index (Phi) is 8.07. The quantitative estimate of drug-likeness (QED) is 0.221. The number of esters is 2. The van der Waals surface area contributed by atoms with Gasteiger partial charge in [-0.05, 0) is 35.4 Å². The number of nitrogens with zero attached hydrogens (tertiary/aromatic N) is 6. The molecule has 4 aromatic carbocycles. The van der Waals surface area contributed by atoms with Crippen molar-refractivity contribution in [3.05, 3.63) is 109 Å². The second kappa shape index (κ2) is 12.6. The number of para-hydroxylation sites is 2. The second-order valence-electron chi connectivity index (χ2n) is 9.78. The fourth-order valence-electron chi connectivity index (χ4n) is 4.57. The first-order valence-electron chi connectivity index (χ1n) is 13.8. The van der Waals surface area contributed by atoms with Crippen LogP contribution >= 0.6 is 0 Å². The first-order valence-corrected chi connectivity index (χ1v) is 13.8. The zero-order chi connectivity index (χ0) is 32.2. The highest BCUT2D eigenvalue weighted by molar-refractivity contribution is 5.87. The molecule has 12 heteroatoms. The van der Waals surface area contributed by atoms with Crippen LogP contribution in [0.15, 0.2) is 97.1 Å². The molecule has 0 atom stereocenters. The number of hydrogen-bond donors (Lipinski definition) is 2. The van der Waals surface area contributed by atoms with Gasteiger partial charge in [-0.2, -0.15) is 0 Å². The number of carbonyl (C=O) groups excluding carboxylic acids is 2. The first kappa shape index (κ1) is 29.5. The fourth-order valence-corrected chi connectivity index (χ4v) is 4.57. The van der Waals surface area contributed by atoms with E-state index in [2.05, 4.69) is 29.9 Å². The van der Waals surface area contributed by atoms with E-state index in [1.54, 1.807) is 36.4 Å². The molecule has 0 bridgehead atoms. The number of methoxy groups -OCH3 is 2. The summed E-state index contributed by atoms with van der Waals surface area (Å²) in [6.07, 6.45) is 0. The molecular formula is C34H24N6O6. The Morgan fingerprint density at radius 1 is 0.457 bits per heavy atom. The molecule has 6 rings (SSSR count). The lowest BCUT2D eigenvalue weighted by Crippen LogP contribution is -2.11. The lowest BCUT2D eigenvalue weighted by molar-refractivity contribution is 0.0578. The van der Waals surface area contributed by atoms with Crippen molar-refractivity contribution < 1.29 is 29.3 Å². The van der Waals surface area contributed by atoms with Gasteiger partial charge in [-0.1, -0.05) is 72.8 Å². The van der Waals surface area contributed by atoms with Gasteiger partial charge >= 0.3 is 11.9 Å². The van der Waals surface area contributed by atoms with Crippen LogP contribution in [-0.4, -0.2) is 66.3 Å². The minimum absolute atomic E-state index is 0.0395. The minimum Gasteiger partial charge on any atom is -0.507 e. The standard InChI is InChI=1S/C34H24N6O6/c1-45-33(43)31-37-27(35-29(39-31)23-7-3-5-9-25(23)41)21-15-11-19(12-16-21)20-13-17-22(18-14-20)28-36-30(24-8-4-6-10-26(24)42)40-32(38-28)34(44)46-2/h3-18,41-42H,1-2H3. The molecule has 0 saturated carbocycles. The van der Waals surface area contributed by atoms with Crippen LogP contribution in [0.4, 0.5) is 0 Å². The number of ether oxygens (including phenoxy) is 2. The van der Waals surface area contributed by atoms with E-state index in [9.17, 15) is 19.8 Å². The van der Waals surface area contributed by atoms with Gasteiger partial charge in [-0.25, -0.2) is 39.5 Å². The number of aromatic hydroxyl groups is 2. The Labute approximate surface area is 262 Å². The summed E-state index contributed by atoms with van der Waals surface area (Å²) in [6, 6.07) is 27.8. The fraction of sp³-hybridized carbons (Fsp3) is 0.0588. The summed E-state index contributed by atoms with van der Waals surface area (Å²) in [6.45, 7) is 0. The van der Waals surface area contributed by atoms with Gasteiger partial charge < -0.3 is 19.7 Å². The molecule has 0 aliphatic rings. The summed E-state index contributed by atoms with van der Waals surface area (Å²) in [7, 11) is 2.47. The summed E-state index contributed by atoms with van der Waals surface area (Å²) in [4.78, 5) is 50.6. The zero-order valence-corrected chi connectivity index (χ0v) is 24.4. The van der Waals surface area contributed by atoms with Gasteiger partial charge in [-0.3, -0.25) is 0 Å². The van der Waals surface area contributed by atoms with Gasteiger partial charge in [-0.15, -0.1) is 0 Å². The van der Waals surface area contributed by atoms with Crippen molar-refractivity contribution in [3.8, 4) is 68.2 Å². The molecule has 6 aromatic rings. The molecule has 0 unspecified atom stereocenters. The molecule has 0 aliphatic carbocycles. The highest BCUT2D eigenvalue weighted by atomic mass is 16.5. The van der Waals surface area contributed by atoms with Crippen molar-refractivity contribution in [3.63, 3.8) is 0 Å². The highest BCUT2D eigenvalue weighted by Crippen LogP contribution is 2.31. The van der Waals surface area contributed by atoms with Crippen molar-refractivity contribution >= 4 is 11.9 Å². The van der Waals surface area contributed by atoms with Crippen LogP contribution in [0.2, 0.25) is 0 Å². The predicted molar refractivity (Wildman–Crippen MR) is 166 cm³/mol. The Morgan fingerprint density at radius 2 is 0.783 bits per heavy atom. The van der Waals surface area contributed by atoms with Crippen molar-refractivity contribution in [1.82, 2.24) is 29.9 Å². The van der Waals surface area contributed by atoms with Crippen LogP contribution in [0.25, 0.3) is 56.7 Å². The van der Waals surface area contributed by atoms with E-state index in [0.29, 0.717) is 22.3 Å². The first-order chi connectivity index (χ1) is 22.3. The number of aromatic nitrogens is 6. The number of phenolic OH excluding ortho intramolecular Hbond substituents is 2. The second-order valence-corrected chi connectivity index (χ2v) is 9.78. The molecule has 2 N–H and O–H groups in total. The predicted octanol–water partition coefficient (Wildman–Crippen LogP) is 5.38. The van der Waals surface area contributed by atoms with Crippen LogP contribution in [0.5, 0.6) is 11.5 Å². The SMILES string of the molecule is COC(=O)c1nc(-c2ccc(-c3ccc(-c4nc(C(=O)OC)nc(-c5ccccc5O)n4)cc3)cc2)nc(-c2ccccc2O)n1. The minimum atomic E-state index is -0.735. The molecule has 0 saturated heterocycles. The van der Waals surface area contributed by atoms with Crippen molar-refractivity contribution in [2.75, 3.05) is 14.2 Å². The molecule has 0 spiro atoms. The van der Waals surface area contributed by atoms with Crippen LogP contribution in [-0.2, 0) is 9.47 Å². The maximum Gasteiger partial charge on any atom is 0.376 e. The Bertz CT molecular complexity index is 1930. The monoisotopic (exact) mass is 612 g/mol. The normalized spacial score (nSPS) is 10.7. The lowest BCUT2D eigenvalue weighted by Gasteiger charge is -2.10. The van der Waals surface area contributed by atoms with E-state index in [0.717, 1.165) is 11.1 Å². The van der Waals surface area contributed by atoms with Crippen LogP contribution in [0.1, 0.15) is 21.2 Å². The molecule has 46 heavy (non-hydrogen) atoms. The number of hydrogen-bond acceptors (Lipinski definition) is 12. The van der Waals surface area contributed by atoms with Gasteiger partial charge in [0.05, 0.1) is 25.3 Å². The molecule has 0 radical (unpaired) electrons. The van der Waals surface area contributed by atoms with Gasteiger partial charge in [0.1, 0.15) is 11.5 Å². The Morgan fingerprint density at radius 3 is 1.13 bits per heavy atom. The Balaban J connectivity index is 1.32. The largest absolute Gasteiger partial charge is 0.507 e. The third-order valence-corrected chi connectivity index (χ3v) is 6.92. The smallest absolute Gasteiger partial charge is 0.376 e. The van der Waals surface area contributed by atoms with E-state index >= 15 is 0 Å². The topological polar surface area (TPSA) is 170 Å². The zero-order valence-electron chi connectivity index (χ0n) is 24.4. The van der Waals surface area contributed by atoms with Crippen LogP contribution < -0.4 is 0 Å². The van der Waals surface area contributed by atoms with Gasteiger partial charge in [0.25, 0.3) is 0 Å². The number of carbonyl (C=O) groups is 2.